The normalized spacial score (nSPS) is 10.7. The summed E-state index contributed by atoms with van der Waals surface area (Å²) in [5, 5.41) is 11.1. The Morgan fingerprint density at radius 3 is 2.65 bits per heavy atom. The molecule has 1 heterocycles. The summed E-state index contributed by atoms with van der Waals surface area (Å²) < 4.78 is 16.1. The van der Waals surface area contributed by atoms with Gasteiger partial charge in [-0.15, -0.1) is 10.2 Å². The van der Waals surface area contributed by atoms with E-state index in [1.54, 1.807) is 12.4 Å². The Labute approximate surface area is 135 Å². The Morgan fingerprint density at radius 2 is 1.91 bits per heavy atom. The molecule has 1 N–H and O–H groups in total. The van der Waals surface area contributed by atoms with Gasteiger partial charge in [0.25, 0.3) is 0 Å². The van der Waals surface area contributed by atoms with Crippen molar-refractivity contribution in [1.82, 2.24) is 14.8 Å². The van der Waals surface area contributed by atoms with Crippen molar-refractivity contribution in [2.45, 2.75) is 12.8 Å². The van der Waals surface area contributed by atoms with Gasteiger partial charge in [-0.25, -0.2) is 4.39 Å². The van der Waals surface area contributed by atoms with Crippen LogP contribution in [0.1, 0.15) is 12.2 Å². The van der Waals surface area contributed by atoms with Crippen molar-refractivity contribution in [3.8, 4) is 11.1 Å². The second kappa shape index (κ2) is 7.05. The highest BCUT2D eigenvalue weighted by Gasteiger charge is 2.09. The lowest BCUT2D eigenvalue weighted by Gasteiger charge is -2.13. The second-order valence-electron chi connectivity index (χ2n) is 5.42. The number of hydrogen-bond donors (Lipinski definition) is 1. The largest absolute Gasteiger partial charge is 0.382 e. The molecule has 118 valence electrons. The van der Waals surface area contributed by atoms with Crippen molar-refractivity contribution in [3.05, 3.63) is 66.5 Å². The minimum absolute atomic E-state index is 0.231. The van der Waals surface area contributed by atoms with Crippen LogP contribution in [0.2, 0.25) is 0 Å². The van der Waals surface area contributed by atoms with E-state index in [9.17, 15) is 4.39 Å². The van der Waals surface area contributed by atoms with Crippen LogP contribution in [0.4, 0.5) is 10.1 Å². The van der Waals surface area contributed by atoms with E-state index in [1.165, 1.54) is 6.07 Å². The Hall–Kier alpha value is -2.69. The molecule has 3 aromatic rings. The molecule has 0 atom stereocenters. The molecule has 0 bridgehead atoms. The van der Waals surface area contributed by atoms with E-state index >= 15 is 0 Å². The Kier molecular flexibility index (Phi) is 4.66. The van der Waals surface area contributed by atoms with Gasteiger partial charge in [0, 0.05) is 25.6 Å². The SMILES string of the molecule is Cn1cnnc1CCCNc1c(F)cccc1-c1ccccc1. The summed E-state index contributed by atoms with van der Waals surface area (Å²) in [7, 11) is 1.92. The predicted octanol–water partition coefficient (Wildman–Crippen LogP) is 3.67. The Bertz CT molecular complexity index is 768. The standard InChI is InChI=1S/C18H19FN4/c1-23-13-21-22-17(23)11-6-12-20-18-15(9-5-10-16(18)19)14-7-3-2-4-8-14/h2-5,7-10,13,20H,6,11-12H2,1H3. The quantitative estimate of drug-likeness (QED) is 0.707. The maximum absolute atomic E-state index is 14.2. The maximum Gasteiger partial charge on any atom is 0.146 e. The fourth-order valence-corrected chi connectivity index (χ4v) is 2.56. The van der Waals surface area contributed by atoms with E-state index < -0.39 is 0 Å². The molecule has 23 heavy (non-hydrogen) atoms. The lowest BCUT2D eigenvalue weighted by Crippen LogP contribution is -2.07. The summed E-state index contributed by atoms with van der Waals surface area (Å²) >= 11 is 0. The molecule has 0 saturated carbocycles. The van der Waals surface area contributed by atoms with Crippen molar-refractivity contribution in [1.29, 1.82) is 0 Å². The number of aryl methyl sites for hydroxylation is 2. The molecule has 0 aliphatic heterocycles. The summed E-state index contributed by atoms with van der Waals surface area (Å²) in [6.07, 6.45) is 3.35. The van der Waals surface area contributed by atoms with Crippen molar-refractivity contribution in [2.24, 2.45) is 7.05 Å². The highest BCUT2D eigenvalue weighted by atomic mass is 19.1. The first kappa shape index (κ1) is 15.2. The molecule has 0 saturated heterocycles. The predicted molar refractivity (Wildman–Crippen MR) is 89.6 cm³/mol. The zero-order valence-corrected chi connectivity index (χ0v) is 13.0. The van der Waals surface area contributed by atoms with Gasteiger partial charge in [-0.1, -0.05) is 42.5 Å². The van der Waals surface area contributed by atoms with Crippen LogP contribution in [0.5, 0.6) is 0 Å². The van der Waals surface area contributed by atoms with Crippen molar-refractivity contribution in [2.75, 3.05) is 11.9 Å². The van der Waals surface area contributed by atoms with Gasteiger partial charge < -0.3 is 9.88 Å². The summed E-state index contributed by atoms with van der Waals surface area (Å²) in [5.74, 6) is 0.702. The summed E-state index contributed by atoms with van der Waals surface area (Å²) in [4.78, 5) is 0. The second-order valence-corrected chi connectivity index (χ2v) is 5.42. The molecular formula is C18H19FN4. The van der Waals surface area contributed by atoms with Crippen molar-refractivity contribution in [3.63, 3.8) is 0 Å². The average Bonchev–Trinajstić information content (AvgIpc) is 2.98. The molecule has 1 aromatic heterocycles. The number of benzene rings is 2. The molecule has 0 spiro atoms. The first-order chi connectivity index (χ1) is 11.3. The Morgan fingerprint density at radius 1 is 1.09 bits per heavy atom. The number of nitrogens with zero attached hydrogens (tertiary/aromatic N) is 3. The van der Waals surface area contributed by atoms with Gasteiger partial charge in [0.2, 0.25) is 0 Å². The summed E-state index contributed by atoms with van der Waals surface area (Å²) in [5.41, 5.74) is 2.43. The Balaban J connectivity index is 1.69. The van der Waals surface area contributed by atoms with Crippen LogP contribution in [0.25, 0.3) is 11.1 Å². The monoisotopic (exact) mass is 310 g/mol. The van der Waals surface area contributed by atoms with Crippen molar-refractivity contribution >= 4 is 5.69 Å². The highest BCUT2D eigenvalue weighted by molar-refractivity contribution is 5.78. The lowest BCUT2D eigenvalue weighted by molar-refractivity contribution is 0.629. The third-order valence-corrected chi connectivity index (χ3v) is 3.78. The van der Waals surface area contributed by atoms with Crippen LogP contribution >= 0.6 is 0 Å². The molecule has 2 aromatic carbocycles. The number of aromatic nitrogens is 3. The van der Waals surface area contributed by atoms with Crippen LogP contribution in [-0.2, 0) is 13.5 Å². The minimum Gasteiger partial charge on any atom is -0.382 e. The van der Waals surface area contributed by atoms with Gasteiger partial charge in [-0.2, -0.15) is 0 Å². The molecular weight excluding hydrogens is 291 g/mol. The van der Waals surface area contributed by atoms with Crippen LogP contribution in [0.15, 0.2) is 54.9 Å². The molecule has 0 radical (unpaired) electrons. The molecule has 0 aliphatic carbocycles. The minimum atomic E-state index is -0.231. The molecule has 0 fully saturated rings. The number of nitrogens with one attached hydrogen (secondary N) is 1. The van der Waals surface area contributed by atoms with E-state index in [4.69, 9.17) is 0 Å². The fraction of sp³-hybridized carbons (Fsp3) is 0.222. The fourth-order valence-electron chi connectivity index (χ4n) is 2.56. The smallest absolute Gasteiger partial charge is 0.146 e. The first-order valence-corrected chi connectivity index (χ1v) is 7.66. The number of anilines is 1. The molecule has 0 aliphatic rings. The van der Waals surface area contributed by atoms with Crippen LogP contribution < -0.4 is 5.32 Å². The van der Waals surface area contributed by atoms with Gasteiger partial charge in [0.05, 0.1) is 5.69 Å². The van der Waals surface area contributed by atoms with Gasteiger partial charge in [0.1, 0.15) is 18.0 Å². The van der Waals surface area contributed by atoms with Gasteiger partial charge in [-0.05, 0) is 18.1 Å². The molecule has 0 amide bonds. The van der Waals surface area contributed by atoms with Gasteiger partial charge in [-0.3, -0.25) is 0 Å². The number of hydrogen-bond acceptors (Lipinski definition) is 3. The highest BCUT2D eigenvalue weighted by Crippen LogP contribution is 2.30. The molecule has 0 unspecified atom stereocenters. The third-order valence-electron chi connectivity index (χ3n) is 3.78. The number of halogens is 1. The maximum atomic E-state index is 14.2. The molecule has 3 rings (SSSR count). The van der Waals surface area contributed by atoms with Crippen LogP contribution in [-0.4, -0.2) is 21.3 Å². The van der Waals surface area contributed by atoms with E-state index in [0.29, 0.717) is 12.2 Å². The van der Waals surface area contributed by atoms with E-state index in [-0.39, 0.29) is 5.82 Å². The van der Waals surface area contributed by atoms with E-state index in [2.05, 4.69) is 15.5 Å². The van der Waals surface area contributed by atoms with Gasteiger partial charge >= 0.3 is 0 Å². The topological polar surface area (TPSA) is 42.7 Å². The zero-order chi connectivity index (χ0) is 16.1. The zero-order valence-electron chi connectivity index (χ0n) is 13.0. The number of rotatable bonds is 6. The van der Waals surface area contributed by atoms with Crippen LogP contribution in [0.3, 0.4) is 0 Å². The third kappa shape index (κ3) is 3.56. The summed E-state index contributed by atoms with van der Waals surface area (Å²) in [6.45, 7) is 0.674. The van der Waals surface area contributed by atoms with E-state index in [0.717, 1.165) is 29.8 Å². The van der Waals surface area contributed by atoms with Crippen molar-refractivity contribution < 1.29 is 4.39 Å². The van der Waals surface area contributed by atoms with Gasteiger partial charge in [0.15, 0.2) is 0 Å². The number of para-hydroxylation sites is 1. The lowest BCUT2D eigenvalue weighted by atomic mass is 10.0. The molecule has 4 nitrogen and oxygen atoms in total. The first-order valence-electron chi connectivity index (χ1n) is 7.66. The molecule has 5 heteroatoms. The summed E-state index contributed by atoms with van der Waals surface area (Å²) in [6, 6.07) is 15.0. The van der Waals surface area contributed by atoms with E-state index in [1.807, 2.05) is 48.0 Å². The van der Waals surface area contributed by atoms with Crippen LogP contribution in [0, 0.1) is 5.82 Å². The average molecular weight is 310 g/mol.